The van der Waals surface area contributed by atoms with Crippen LogP contribution in [0.3, 0.4) is 0 Å². The molecule has 0 fully saturated rings. The fraction of sp³-hybridized carbons (Fsp3) is 0.462. The first kappa shape index (κ1) is 18.3. The van der Waals surface area contributed by atoms with Crippen molar-refractivity contribution in [2.75, 3.05) is 6.54 Å². The van der Waals surface area contributed by atoms with Crippen molar-refractivity contribution in [3.63, 3.8) is 0 Å². The van der Waals surface area contributed by atoms with Gasteiger partial charge in [-0.1, -0.05) is 50.6 Å². The van der Waals surface area contributed by atoms with Crippen molar-refractivity contribution in [2.45, 2.75) is 66.3 Å². The third kappa shape index (κ3) is 3.12. The topological polar surface area (TPSA) is 3.24 Å². The summed E-state index contributed by atoms with van der Waals surface area (Å²) < 4.78 is 0. The van der Waals surface area contributed by atoms with Crippen molar-refractivity contribution in [1.29, 1.82) is 0 Å². The van der Waals surface area contributed by atoms with Crippen molar-refractivity contribution in [1.82, 2.24) is 4.90 Å². The van der Waals surface area contributed by atoms with Crippen molar-refractivity contribution >= 4 is 6.08 Å². The maximum Gasteiger partial charge on any atom is 0.0799 e. The minimum atomic E-state index is 0.375. The largest absolute Gasteiger partial charge is 0.366 e. The second-order valence-corrected chi connectivity index (χ2v) is 9.17. The van der Waals surface area contributed by atoms with Gasteiger partial charge in [0.2, 0.25) is 0 Å². The van der Waals surface area contributed by atoms with E-state index in [1.165, 1.54) is 45.4 Å². The third-order valence-electron chi connectivity index (χ3n) is 6.57. The summed E-state index contributed by atoms with van der Waals surface area (Å²) in [7, 11) is 0. The Morgan fingerprint density at radius 1 is 1.04 bits per heavy atom. The number of rotatable bonds is 3. The molecule has 2 atom stereocenters. The average molecular weight is 360 g/mol. The van der Waals surface area contributed by atoms with Crippen LogP contribution >= 0.6 is 0 Å². The van der Waals surface area contributed by atoms with E-state index in [-0.39, 0.29) is 0 Å². The lowest BCUT2D eigenvalue weighted by atomic mass is 9.79. The molecule has 1 heteroatoms. The molecule has 142 valence electrons. The highest BCUT2D eigenvalue weighted by Crippen LogP contribution is 2.43. The molecule has 0 bridgehead atoms. The quantitative estimate of drug-likeness (QED) is 0.590. The number of benzene rings is 2. The SMILES string of the molecule is Cc1cc(C)c2c(c1)C1c3ccc(C(C)CC(C)C)c(C)c3C=CN1CC2. The van der Waals surface area contributed by atoms with Gasteiger partial charge in [0.1, 0.15) is 0 Å². The minimum absolute atomic E-state index is 0.375. The molecule has 0 saturated carbocycles. The van der Waals surface area contributed by atoms with Gasteiger partial charge in [-0.05, 0) is 90.5 Å². The lowest BCUT2D eigenvalue weighted by Crippen LogP contribution is -2.35. The van der Waals surface area contributed by atoms with Crippen LogP contribution in [-0.2, 0) is 6.42 Å². The fourth-order valence-electron chi connectivity index (χ4n) is 5.44. The Hall–Kier alpha value is -2.02. The van der Waals surface area contributed by atoms with Gasteiger partial charge in [-0.3, -0.25) is 0 Å². The number of hydrogen-bond donors (Lipinski definition) is 0. The summed E-state index contributed by atoms with van der Waals surface area (Å²) in [5, 5.41) is 0. The highest BCUT2D eigenvalue weighted by atomic mass is 15.2. The summed E-state index contributed by atoms with van der Waals surface area (Å²) in [5.41, 5.74) is 11.9. The zero-order valence-electron chi connectivity index (χ0n) is 17.8. The molecule has 2 heterocycles. The molecule has 0 radical (unpaired) electrons. The van der Waals surface area contributed by atoms with Crippen LogP contribution < -0.4 is 0 Å². The van der Waals surface area contributed by atoms with Crippen LogP contribution in [0.15, 0.2) is 30.5 Å². The van der Waals surface area contributed by atoms with Crippen LogP contribution in [0.2, 0.25) is 0 Å². The van der Waals surface area contributed by atoms with Crippen LogP contribution in [0, 0.1) is 26.7 Å². The Kier molecular flexibility index (Phi) is 4.66. The summed E-state index contributed by atoms with van der Waals surface area (Å²) in [6.45, 7) is 15.0. The van der Waals surface area contributed by atoms with Gasteiger partial charge in [0.05, 0.1) is 6.04 Å². The molecule has 2 aliphatic rings. The molecule has 0 aliphatic carbocycles. The smallest absolute Gasteiger partial charge is 0.0799 e. The summed E-state index contributed by atoms with van der Waals surface area (Å²) >= 11 is 0. The van der Waals surface area contributed by atoms with E-state index in [4.69, 9.17) is 0 Å². The molecule has 4 rings (SSSR count). The maximum atomic E-state index is 2.54. The van der Waals surface area contributed by atoms with Gasteiger partial charge in [-0.15, -0.1) is 0 Å². The normalized spacial score (nSPS) is 18.9. The molecule has 0 saturated heterocycles. The number of hydrogen-bond acceptors (Lipinski definition) is 1. The zero-order valence-corrected chi connectivity index (χ0v) is 17.8. The highest BCUT2D eigenvalue weighted by Gasteiger charge is 2.32. The first-order valence-electron chi connectivity index (χ1n) is 10.5. The lowest BCUT2D eigenvalue weighted by Gasteiger charge is -2.41. The zero-order chi connectivity index (χ0) is 19.3. The Labute approximate surface area is 165 Å². The summed E-state index contributed by atoms with van der Waals surface area (Å²) in [5.74, 6) is 1.35. The van der Waals surface area contributed by atoms with E-state index in [0.29, 0.717) is 12.0 Å². The van der Waals surface area contributed by atoms with E-state index in [1.54, 1.807) is 5.56 Å². The predicted octanol–water partition coefficient (Wildman–Crippen LogP) is 6.69. The highest BCUT2D eigenvalue weighted by molar-refractivity contribution is 5.65. The molecule has 2 aromatic carbocycles. The van der Waals surface area contributed by atoms with Crippen molar-refractivity contribution in [3.05, 3.63) is 75.0 Å². The summed E-state index contributed by atoms with van der Waals surface area (Å²) in [4.78, 5) is 2.54. The lowest BCUT2D eigenvalue weighted by molar-refractivity contribution is 0.298. The van der Waals surface area contributed by atoms with E-state index in [9.17, 15) is 0 Å². The first-order valence-corrected chi connectivity index (χ1v) is 10.5. The van der Waals surface area contributed by atoms with Gasteiger partial charge >= 0.3 is 0 Å². The predicted molar refractivity (Wildman–Crippen MR) is 116 cm³/mol. The van der Waals surface area contributed by atoms with Crippen LogP contribution in [-0.4, -0.2) is 11.4 Å². The van der Waals surface area contributed by atoms with E-state index in [2.05, 4.69) is 83.0 Å². The van der Waals surface area contributed by atoms with Gasteiger partial charge in [0, 0.05) is 12.7 Å². The molecular weight excluding hydrogens is 326 g/mol. The van der Waals surface area contributed by atoms with Crippen LogP contribution in [0.25, 0.3) is 6.08 Å². The van der Waals surface area contributed by atoms with E-state index in [0.717, 1.165) is 18.9 Å². The first-order chi connectivity index (χ1) is 12.9. The van der Waals surface area contributed by atoms with Crippen LogP contribution in [0.5, 0.6) is 0 Å². The minimum Gasteiger partial charge on any atom is -0.366 e. The van der Waals surface area contributed by atoms with Gasteiger partial charge in [-0.2, -0.15) is 0 Å². The standard InChI is InChI=1S/C26H33N/c1-16(2)13-18(4)21-7-8-24-23(20(21)6)10-12-27-11-9-22-19(5)14-17(3)15-25(22)26(24)27/h7-8,10,12,14-16,18,26H,9,11,13H2,1-6H3. The molecule has 2 aliphatic heterocycles. The molecule has 0 amide bonds. The fourth-order valence-corrected chi connectivity index (χ4v) is 5.44. The molecular formula is C26H33N. The summed E-state index contributed by atoms with van der Waals surface area (Å²) in [6.07, 6.45) is 7.11. The Morgan fingerprint density at radius 3 is 2.56 bits per heavy atom. The van der Waals surface area contributed by atoms with E-state index >= 15 is 0 Å². The molecule has 0 N–H and O–H groups in total. The Balaban J connectivity index is 1.83. The van der Waals surface area contributed by atoms with E-state index in [1.807, 2.05) is 0 Å². The molecule has 1 nitrogen and oxygen atoms in total. The molecule has 2 aromatic rings. The summed E-state index contributed by atoms with van der Waals surface area (Å²) in [6, 6.07) is 9.97. The number of aryl methyl sites for hydroxylation is 2. The molecule has 0 aromatic heterocycles. The Morgan fingerprint density at radius 2 is 1.81 bits per heavy atom. The number of fused-ring (bicyclic) bond motifs is 5. The second kappa shape index (κ2) is 6.86. The maximum absolute atomic E-state index is 2.54. The van der Waals surface area contributed by atoms with Gasteiger partial charge in [0.15, 0.2) is 0 Å². The van der Waals surface area contributed by atoms with Gasteiger partial charge < -0.3 is 4.90 Å². The van der Waals surface area contributed by atoms with Gasteiger partial charge in [0.25, 0.3) is 0 Å². The third-order valence-corrected chi connectivity index (χ3v) is 6.57. The second-order valence-electron chi connectivity index (χ2n) is 9.17. The molecule has 0 spiro atoms. The average Bonchev–Trinajstić information content (AvgIpc) is 2.60. The molecule has 2 unspecified atom stereocenters. The van der Waals surface area contributed by atoms with E-state index < -0.39 is 0 Å². The van der Waals surface area contributed by atoms with Gasteiger partial charge in [-0.25, -0.2) is 0 Å². The Bertz CT molecular complexity index is 903. The molecule has 27 heavy (non-hydrogen) atoms. The van der Waals surface area contributed by atoms with Crippen LogP contribution in [0.1, 0.15) is 83.7 Å². The van der Waals surface area contributed by atoms with Crippen molar-refractivity contribution < 1.29 is 0 Å². The van der Waals surface area contributed by atoms with Crippen LogP contribution in [0.4, 0.5) is 0 Å². The van der Waals surface area contributed by atoms with Crippen molar-refractivity contribution in [3.8, 4) is 0 Å². The van der Waals surface area contributed by atoms with Crippen molar-refractivity contribution in [2.24, 2.45) is 5.92 Å². The number of nitrogens with zero attached hydrogens (tertiary/aromatic N) is 1. The monoisotopic (exact) mass is 359 g/mol.